The van der Waals surface area contributed by atoms with Crippen LogP contribution in [0.25, 0.3) is 5.57 Å². The number of rotatable bonds is 6. The third-order valence-corrected chi connectivity index (χ3v) is 4.16. The van der Waals surface area contributed by atoms with E-state index in [1.54, 1.807) is 20.3 Å². The summed E-state index contributed by atoms with van der Waals surface area (Å²) in [5, 5.41) is 12.6. The molecule has 0 bridgehead atoms. The summed E-state index contributed by atoms with van der Waals surface area (Å²) in [6, 6.07) is 25.7. The number of nitrogens with zero attached hydrogens (tertiary/aromatic N) is 1. The van der Waals surface area contributed by atoms with Crippen LogP contribution in [0.1, 0.15) is 11.1 Å². The number of anilines is 2. The average molecular weight is 356 g/mol. The Morgan fingerprint density at radius 3 is 2.07 bits per heavy atom. The molecule has 0 aliphatic carbocycles. The van der Waals surface area contributed by atoms with Crippen LogP contribution in [-0.4, -0.2) is 14.2 Å². The quantitative estimate of drug-likeness (QED) is 0.601. The summed E-state index contributed by atoms with van der Waals surface area (Å²) in [5.74, 6) is 1.28. The van der Waals surface area contributed by atoms with Gasteiger partial charge >= 0.3 is 0 Å². The fourth-order valence-electron chi connectivity index (χ4n) is 2.82. The molecular weight excluding hydrogens is 336 g/mol. The lowest BCUT2D eigenvalue weighted by Gasteiger charge is -2.13. The fraction of sp³-hybridized carbons (Fsp3) is 0.0870. The van der Waals surface area contributed by atoms with Crippen LogP contribution < -0.4 is 14.8 Å². The van der Waals surface area contributed by atoms with Gasteiger partial charge in [0.15, 0.2) is 11.5 Å². The second-order valence-corrected chi connectivity index (χ2v) is 5.83. The predicted octanol–water partition coefficient (Wildman–Crippen LogP) is 5.40. The van der Waals surface area contributed by atoms with Crippen molar-refractivity contribution in [1.29, 1.82) is 5.26 Å². The molecule has 27 heavy (non-hydrogen) atoms. The van der Waals surface area contributed by atoms with Gasteiger partial charge in [0.2, 0.25) is 0 Å². The van der Waals surface area contributed by atoms with Crippen LogP contribution in [0.3, 0.4) is 0 Å². The Hall–Kier alpha value is -3.71. The van der Waals surface area contributed by atoms with Crippen LogP contribution in [-0.2, 0) is 0 Å². The van der Waals surface area contributed by atoms with Crippen molar-refractivity contribution in [3.05, 3.63) is 90.0 Å². The summed E-state index contributed by atoms with van der Waals surface area (Å²) in [4.78, 5) is 0. The Kier molecular flexibility index (Phi) is 5.76. The van der Waals surface area contributed by atoms with Gasteiger partial charge in [-0.2, -0.15) is 5.26 Å². The van der Waals surface area contributed by atoms with Gasteiger partial charge in [0.05, 0.1) is 20.3 Å². The monoisotopic (exact) mass is 356 g/mol. The van der Waals surface area contributed by atoms with E-state index >= 15 is 0 Å². The van der Waals surface area contributed by atoms with Gasteiger partial charge < -0.3 is 14.8 Å². The summed E-state index contributed by atoms with van der Waals surface area (Å²) in [6.45, 7) is 0. The van der Waals surface area contributed by atoms with Crippen LogP contribution in [0.5, 0.6) is 11.5 Å². The van der Waals surface area contributed by atoms with Crippen molar-refractivity contribution in [3.63, 3.8) is 0 Å². The van der Waals surface area contributed by atoms with Gasteiger partial charge in [-0.05, 0) is 53.1 Å². The van der Waals surface area contributed by atoms with E-state index in [0.717, 1.165) is 28.1 Å². The molecule has 0 aliphatic heterocycles. The number of hydrogen-bond donors (Lipinski definition) is 1. The highest BCUT2D eigenvalue weighted by atomic mass is 16.5. The Morgan fingerprint density at radius 2 is 1.44 bits per heavy atom. The molecule has 0 fully saturated rings. The molecule has 3 rings (SSSR count). The lowest BCUT2D eigenvalue weighted by molar-refractivity contribution is 0.355. The van der Waals surface area contributed by atoms with Crippen LogP contribution in [0.4, 0.5) is 11.4 Å². The molecule has 3 aromatic carbocycles. The third-order valence-electron chi connectivity index (χ3n) is 4.16. The second kappa shape index (κ2) is 8.59. The van der Waals surface area contributed by atoms with Gasteiger partial charge in [0.1, 0.15) is 0 Å². The molecule has 0 saturated heterocycles. The van der Waals surface area contributed by atoms with E-state index in [2.05, 4.69) is 11.4 Å². The summed E-state index contributed by atoms with van der Waals surface area (Å²) in [6.07, 6.45) is 1.54. The number of methoxy groups -OCH3 is 2. The van der Waals surface area contributed by atoms with E-state index in [4.69, 9.17) is 9.47 Å². The van der Waals surface area contributed by atoms with E-state index in [0.29, 0.717) is 11.5 Å². The van der Waals surface area contributed by atoms with Gasteiger partial charge in [0.25, 0.3) is 0 Å². The topological polar surface area (TPSA) is 54.3 Å². The normalized spacial score (nSPS) is 10.8. The Bertz CT molecular complexity index is 972. The zero-order chi connectivity index (χ0) is 19.1. The largest absolute Gasteiger partial charge is 0.493 e. The number of hydrogen-bond acceptors (Lipinski definition) is 4. The Balaban J connectivity index is 1.90. The smallest absolute Gasteiger partial charge is 0.161 e. The van der Waals surface area contributed by atoms with Crippen molar-refractivity contribution in [3.8, 4) is 17.6 Å². The van der Waals surface area contributed by atoms with Crippen LogP contribution in [0.2, 0.25) is 0 Å². The second-order valence-electron chi connectivity index (χ2n) is 5.83. The van der Waals surface area contributed by atoms with Gasteiger partial charge in [-0.1, -0.05) is 36.4 Å². The van der Waals surface area contributed by atoms with E-state index in [1.807, 2.05) is 72.8 Å². The van der Waals surface area contributed by atoms with Gasteiger partial charge in [-0.25, -0.2) is 0 Å². The highest BCUT2D eigenvalue weighted by Crippen LogP contribution is 2.33. The Labute approximate surface area is 159 Å². The summed E-state index contributed by atoms with van der Waals surface area (Å²) < 4.78 is 10.7. The molecule has 0 spiro atoms. The molecule has 0 heterocycles. The van der Waals surface area contributed by atoms with Crippen molar-refractivity contribution < 1.29 is 9.47 Å². The molecule has 3 aromatic rings. The minimum Gasteiger partial charge on any atom is -0.493 e. The number of nitriles is 1. The van der Waals surface area contributed by atoms with Crippen LogP contribution >= 0.6 is 0 Å². The molecule has 0 aromatic heterocycles. The number of nitrogens with one attached hydrogen (secondary N) is 1. The fourth-order valence-corrected chi connectivity index (χ4v) is 2.82. The van der Waals surface area contributed by atoms with Gasteiger partial charge in [-0.3, -0.25) is 0 Å². The third kappa shape index (κ3) is 4.28. The number of allylic oxidation sites excluding steroid dienone is 1. The van der Waals surface area contributed by atoms with Gasteiger partial charge in [-0.15, -0.1) is 0 Å². The maximum absolute atomic E-state index is 9.24. The zero-order valence-corrected chi connectivity index (χ0v) is 15.3. The first-order chi connectivity index (χ1) is 13.2. The van der Waals surface area contributed by atoms with E-state index in [1.165, 1.54) is 0 Å². The maximum atomic E-state index is 9.24. The van der Waals surface area contributed by atoms with Crippen molar-refractivity contribution >= 4 is 16.9 Å². The van der Waals surface area contributed by atoms with Crippen LogP contribution in [0.15, 0.2) is 78.9 Å². The van der Waals surface area contributed by atoms with Crippen molar-refractivity contribution in [1.82, 2.24) is 0 Å². The first-order valence-corrected chi connectivity index (χ1v) is 8.50. The number of benzene rings is 3. The SMILES string of the molecule is COc1ccc(C(=CC#N)c2ccc(Nc3ccccc3)cc2)cc1OC. The molecule has 134 valence electrons. The van der Waals surface area contributed by atoms with E-state index in [-0.39, 0.29) is 0 Å². The van der Waals surface area contributed by atoms with Gasteiger partial charge in [0, 0.05) is 17.5 Å². The average Bonchev–Trinajstić information content (AvgIpc) is 2.73. The van der Waals surface area contributed by atoms with Crippen molar-refractivity contribution in [2.45, 2.75) is 0 Å². The Morgan fingerprint density at radius 1 is 0.815 bits per heavy atom. The summed E-state index contributed by atoms with van der Waals surface area (Å²) in [7, 11) is 3.20. The summed E-state index contributed by atoms with van der Waals surface area (Å²) in [5.41, 5.74) is 4.66. The zero-order valence-electron chi connectivity index (χ0n) is 15.3. The first-order valence-electron chi connectivity index (χ1n) is 8.50. The molecular formula is C23H20N2O2. The molecule has 0 atom stereocenters. The highest BCUT2D eigenvalue weighted by Gasteiger charge is 2.10. The molecule has 0 unspecified atom stereocenters. The molecule has 1 N–H and O–H groups in total. The molecule has 0 amide bonds. The minimum absolute atomic E-state index is 0.626. The highest BCUT2D eigenvalue weighted by molar-refractivity contribution is 5.83. The molecule has 0 saturated carbocycles. The van der Waals surface area contributed by atoms with Crippen molar-refractivity contribution in [2.24, 2.45) is 0 Å². The molecule has 4 nitrogen and oxygen atoms in total. The van der Waals surface area contributed by atoms with E-state index in [9.17, 15) is 5.26 Å². The summed E-state index contributed by atoms with van der Waals surface area (Å²) >= 11 is 0. The lowest BCUT2D eigenvalue weighted by atomic mass is 9.97. The standard InChI is InChI=1S/C23H20N2O2/c1-26-22-13-10-18(16-23(22)27-2)21(14-15-24)17-8-11-20(12-9-17)25-19-6-4-3-5-7-19/h3-14,16,25H,1-2H3. The lowest BCUT2D eigenvalue weighted by Crippen LogP contribution is -1.94. The maximum Gasteiger partial charge on any atom is 0.161 e. The molecule has 0 aliphatic rings. The molecule has 0 radical (unpaired) electrons. The number of ether oxygens (including phenoxy) is 2. The van der Waals surface area contributed by atoms with Crippen molar-refractivity contribution in [2.75, 3.05) is 19.5 Å². The minimum atomic E-state index is 0.626. The van der Waals surface area contributed by atoms with Crippen LogP contribution in [0, 0.1) is 11.3 Å². The number of para-hydroxylation sites is 1. The van der Waals surface area contributed by atoms with E-state index < -0.39 is 0 Å². The predicted molar refractivity (Wildman–Crippen MR) is 108 cm³/mol. The first kappa shape index (κ1) is 18.1. The molecule has 4 heteroatoms.